The zero-order valence-electron chi connectivity index (χ0n) is 14.4. The molecule has 3 aromatic rings. The van der Waals surface area contributed by atoms with E-state index in [4.69, 9.17) is 4.42 Å². The van der Waals surface area contributed by atoms with E-state index < -0.39 is 17.8 Å². The van der Waals surface area contributed by atoms with Crippen LogP contribution >= 0.6 is 22.6 Å². The van der Waals surface area contributed by atoms with Crippen LogP contribution in [0.4, 0.5) is 10.5 Å². The number of furan rings is 1. The number of benzene rings is 2. The van der Waals surface area contributed by atoms with Crippen molar-refractivity contribution >= 4 is 52.2 Å². The molecule has 0 aliphatic carbocycles. The van der Waals surface area contributed by atoms with Gasteiger partial charge in [0.15, 0.2) is 0 Å². The third kappa shape index (κ3) is 3.48. The minimum Gasteiger partial charge on any atom is -0.457 e. The number of amides is 4. The number of urea groups is 1. The number of imide groups is 2. The minimum atomic E-state index is -0.780. The molecule has 1 saturated heterocycles. The van der Waals surface area contributed by atoms with Crippen molar-refractivity contribution < 1.29 is 18.8 Å². The molecule has 138 valence electrons. The number of carbonyl (C=O) groups is 3. The molecule has 0 atom stereocenters. The number of nitrogens with zero attached hydrogens (tertiary/aromatic N) is 1. The summed E-state index contributed by atoms with van der Waals surface area (Å²) >= 11 is 2.22. The summed E-state index contributed by atoms with van der Waals surface area (Å²) in [6, 6.07) is 18.8. The van der Waals surface area contributed by atoms with Gasteiger partial charge in [0, 0.05) is 9.13 Å². The lowest BCUT2D eigenvalue weighted by Crippen LogP contribution is -2.54. The molecule has 0 spiro atoms. The van der Waals surface area contributed by atoms with E-state index in [1.165, 1.54) is 6.08 Å². The van der Waals surface area contributed by atoms with Crippen LogP contribution in [-0.2, 0) is 9.59 Å². The Kier molecular flexibility index (Phi) is 4.82. The number of rotatable bonds is 3. The van der Waals surface area contributed by atoms with E-state index in [-0.39, 0.29) is 5.57 Å². The van der Waals surface area contributed by atoms with E-state index in [0.717, 1.165) is 14.0 Å². The highest BCUT2D eigenvalue weighted by Crippen LogP contribution is 2.26. The van der Waals surface area contributed by atoms with Crippen LogP contribution in [0.5, 0.6) is 0 Å². The lowest BCUT2D eigenvalue weighted by atomic mass is 10.1. The molecule has 4 amide bonds. The van der Waals surface area contributed by atoms with Crippen LogP contribution < -0.4 is 10.2 Å². The summed E-state index contributed by atoms with van der Waals surface area (Å²) in [6.45, 7) is 0. The number of barbiturate groups is 1. The normalized spacial score (nSPS) is 15.8. The maximum atomic E-state index is 12.8. The zero-order valence-corrected chi connectivity index (χ0v) is 16.5. The van der Waals surface area contributed by atoms with Gasteiger partial charge in [-0.25, -0.2) is 9.69 Å². The Bertz CT molecular complexity index is 1100. The van der Waals surface area contributed by atoms with Gasteiger partial charge < -0.3 is 4.42 Å². The monoisotopic (exact) mass is 484 g/mol. The van der Waals surface area contributed by atoms with Gasteiger partial charge in [-0.3, -0.25) is 14.9 Å². The number of para-hydroxylation sites is 1. The smallest absolute Gasteiger partial charge is 0.335 e. The van der Waals surface area contributed by atoms with Crippen LogP contribution in [0.1, 0.15) is 5.76 Å². The fourth-order valence-corrected chi connectivity index (χ4v) is 3.17. The highest BCUT2D eigenvalue weighted by Gasteiger charge is 2.36. The molecule has 1 aliphatic rings. The fraction of sp³-hybridized carbons (Fsp3) is 0. The molecule has 7 heteroatoms. The molecular weight excluding hydrogens is 471 g/mol. The van der Waals surface area contributed by atoms with Gasteiger partial charge in [-0.05, 0) is 65.1 Å². The van der Waals surface area contributed by atoms with Gasteiger partial charge in [0.2, 0.25) is 0 Å². The van der Waals surface area contributed by atoms with Crippen molar-refractivity contribution in [3.05, 3.63) is 81.6 Å². The average Bonchev–Trinajstić information content (AvgIpc) is 3.15. The first-order valence-corrected chi connectivity index (χ1v) is 9.43. The van der Waals surface area contributed by atoms with E-state index >= 15 is 0 Å². The topological polar surface area (TPSA) is 79.6 Å². The molecular formula is C21H13IN2O4. The van der Waals surface area contributed by atoms with Crippen molar-refractivity contribution in [2.75, 3.05) is 4.90 Å². The van der Waals surface area contributed by atoms with E-state index in [0.29, 0.717) is 17.2 Å². The summed E-state index contributed by atoms with van der Waals surface area (Å²) in [5.74, 6) is -0.501. The van der Waals surface area contributed by atoms with Crippen molar-refractivity contribution in [3.8, 4) is 11.3 Å². The van der Waals surface area contributed by atoms with Gasteiger partial charge in [-0.15, -0.1) is 0 Å². The maximum Gasteiger partial charge on any atom is 0.335 e. The predicted molar refractivity (Wildman–Crippen MR) is 112 cm³/mol. The largest absolute Gasteiger partial charge is 0.457 e. The number of halogens is 1. The molecule has 0 unspecified atom stereocenters. The molecule has 4 rings (SSSR count). The Morgan fingerprint density at radius 2 is 1.61 bits per heavy atom. The first-order valence-electron chi connectivity index (χ1n) is 8.35. The summed E-state index contributed by atoms with van der Waals surface area (Å²) in [6.07, 6.45) is 1.34. The molecule has 0 bridgehead atoms. The number of hydrogen-bond acceptors (Lipinski definition) is 4. The van der Waals surface area contributed by atoms with E-state index in [2.05, 4.69) is 27.9 Å². The van der Waals surface area contributed by atoms with Crippen LogP contribution in [0.2, 0.25) is 0 Å². The van der Waals surface area contributed by atoms with Crippen LogP contribution in [0.3, 0.4) is 0 Å². The molecule has 1 N–H and O–H groups in total. The lowest BCUT2D eigenvalue weighted by Gasteiger charge is -2.26. The first kappa shape index (κ1) is 18.2. The second-order valence-corrected chi connectivity index (χ2v) is 7.25. The standard InChI is InChI=1S/C21H13IN2O4/c22-14-8-6-13(7-9-14)18-11-10-16(28-18)12-17-19(25)23-21(27)24(20(17)26)15-4-2-1-3-5-15/h1-12H,(H,23,25,27)/b17-12+. The van der Waals surface area contributed by atoms with Crippen LogP contribution in [-0.4, -0.2) is 17.8 Å². The Labute approximate surface area is 174 Å². The summed E-state index contributed by atoms with van der Waals surface area (Å²) in [5, 5.41) is 2.19. The van der Waals surface area contributed by atoms with Gasteiger partial charge in [0.25, 0.3) is 11.8 Å². The SMILES string of the molecule is O=C1NC(=O)N(c2ccccc2)C(=O)/C1=C/c1ccc(-c2ccc(I)cc2)o1. The summed E-state index contributed by atoms with van der Waals surface area (Å²) in [7, 11) is 0. The van der Waals surface area contributed by atoms with Gasteiger partial charge in [-0.1, -0.05) is 30.3 Å². The summed E-state index contributed by atoms with van der Waals surface area (Å²) in [4.78, 5) is 38.1. The molecule has 1 aliphatic heterocycles. The quantitative estimate of drug-likeness (QED) is 0.343. The average molecular weight is 484 g/mol. The third-order valence-corrected chi connectivity index (χ3v) is 4.88. The summed E-state index contributed by atoms with van der Waals surface area (Å²) in [5.41, 5.74) is 1.08. The van der Waals surface area contributed by atoms with Crippen LogP contribution in [0.25, 0.3) is 17.4 Å². The third-order valence-electron chi connectivity index (χ3n) is 4.16. The molecule has 1 fully saturated rings. The fourth-order valence-electron chi connectivity index (χ4n) is 2.81. The van der Waals surface area contributed by atoms with Crippen molar-refractivity contribution in [1.82, 2.24) is 5.32 Å². The zero-order chi connectivity index (χ0) is 19.7. The van der Waals surface area contributed by atoms with Crippen molar-refractivity contribution in [2.24, 2.45) is 0 Å². The number of nitrogens with one attached hydrogen (secondary N) is 1. The van der Waals surface area contributed by atoms with Gasteiger partial charge in [0.05, 0.1) is 5.69 Å². The van der Waals surface area contributed by atoms with Crippen molar-refractivity contribution in [1.29, 1.82) is 0 Å². The lowest BCUT2D eigenvalue weighted by molar-refractivity contribution is -0.122. The maximum absolute atomic E-state index is 12.8. The number of carbonyl (C=O) groups excluding carboxylic acids is 3. The predicted octanol–water partition coefficient (Wildman–Crippen LogP) is 4.22. The molecule has 28 heavy (non-hydrogen) atoms. The highest BCUT2D eigenvalue weighted by molar-refractivity contribution is 14.1. The van der Waals surface area contributed by atoms with Crippen LogP contribution in [0, 0.1) is 3.57 Å². The minimum absolute atomic E-state index is 0.174. The number of hydrogen-bond donors (Lipinski definition) is 1. The molecule has 0 radical (unpaired) electrons. The molecule has 1 aromatic heterocycles. The van der Waals surface area contributed by atoms with Crippen LogP contribution in [0.15, 0.2) is 76.7 Å². The van der Waals surface area contributed by atoms with Gasteiger partial charge in [-0.2, -0.15) is 0 Å². The Morgan fingerprint density at radius 1 is 0.893 bits per heavy atom. The van der Waals surface area contributed by atoms with Gasteiger partial charge >= 0.3 is 6.03 Å². The molecule has 0 saturated carbocycles. The molecule has 2 heterocycles. The first-order chi connectivity index (χ1) is 13.5. The van der Waals surface area contributed by atoms with E-state index in [1.54, 1.807) is 42.5 Å². The summed E-state index contributed by atoms with van der Waals surface area (Å²) < 4.78 is 6.86. The Hall–Kier alpha value is -3.20. The second-order valence-electron chi connectivity index (χ2n) is 6.00. The molecule has 2 aromatic carbocycles. The Morgan fingerprint density at radius 3 is 2.32 bits per heavy atom. The second kappa shape index (κ2) is 7.43. The Balaban J connectivity index is 1.67. The van der Waals surface area contributed by atoms with Crippen molar-refractivity contribution in [3.63, 3.8) is 0 Å². The molecule has 6 nitrogen and oxygen atoms in total. The van der Waals surface area contributed by atoms with E-state index in [9.17, 15) is 14.4 Å². The number of anilines is 1. The van der Waals surface area contributed by atoms with Crippen molar-refractivity contribution in [2.45, 2.75) is 0 Å². The van der Waals surface area contributed by atoms with E-state index in [1.807, 2.05) is 24.3 Å². The highest BCUT2D eigenvalue weighted by atomic mass is 127. The van der Waals surface area contributed by atoms with Gasteiger partial charge in [0.1, 0.15) is 17.1 Å².